The molecular formula is C20H28N4O2. The summed E-state index contributed by atoms with van der Waals surface area (Å²) >= 11 is 0. The third kappa shape index (κ3) is 4.71. The molecule has 0 saturated carbocycles. The number of amides is 1. The number of carbonyl (C=O) groups excluding carboxylic acids is 1. The molecule has 6 nitrogen and oxygen atoms in total. The lowest BCUT2D eigenvalue weighted by atomic mass is 9.95. The average Bonchev–Trinajstić information content (AvgIpc) is 3.05. The summed E-state index contributed by atoms with van der Waals surface area (Å²) < 4.78 is 2.04. The number of carbonyl (C=O) groups is 1. The van der Waals surface area contributed by atoms with E-state index in [4.69, 9.17) is 0 Å². The molecule has 1 saturated heterocycles. The molecule has 26 heavy (non-hydrogen) atoms. The summed E-state index contributed by atoms with van der Waals surface area (Å²) in [5, 5.41) is 12.6. The van der Waals surface area contributed by atoms with Crippen LogP contribution in [0.15, 0.2) is 36.7 Å². The van der Waals surface area contributed by atoms with Crippen molar-refractivity contribution in [1.29, 1.82) is 0 Å². The number of hydrogen-bond acceptors (Lipinski definition) is 4. The highest BCUT2D eigenvalue weighted by Gasteiger charge is 2.25. The third-order valence-corrected chi connectivity index (χ3v) is 5.17. The van der Waals surface area contributed by atoms with Crippen LogP contribution in [0.25, 0.3) is 0 Å². The van der Waals surface area contributed by atoms with Crippen molar-refractivity contribution in [3.8, 4) is 0 Å². The van der Waals surface area contributed by atoms with E-state index < -0.39 is 6.10 Å². The van der Waals surface area contributed by atoms with E-state index in [2.05, 4.69) is 15.2 Å². The zero-order valence-electron chi connectivity index (χ0n) is 15.6. The highest BCUT2D eigenvalue weighted by Crippen LogP contribution is 2.19. The van der Waals surface area contributed by atoms with E-state index in [0.29, 0.717) is 6.54 Å². The van der Waals surface area contributed by atoms with Crippen molar-refractivity contribution in [3.05, 3.63) is 53.6 Å². The van der Waals surface area contributed by atoms with Crippen LogP contribution >= 0.6 is 0 Å². The maximum atomic E-state index is 12.4. The number of aromatic nitrogens is 2. The number of hydrogen-bond donors (Lipinski definition) is 2. The minimum absolute atomic E-state index is 0.0874. The molecule has 140 valence electrons. The molecule has 1 aromatic heterocycles. The largest absolute Gasteiger partial charge is 0.389 e. The van der Waals surface area contributed by atoms with E-state index in [1.807, 2.05) is 48.3 Å². The van der Waals surface area contributed by atoms with E-state index in [-0.39, 0.29) is 11.8 Å². The first kappa shape index (κ1) is 18.6. The smallest absolute Gasteiger partial charge is 0.223 e. The summed E-state index contributed by atoms with van der Waals surface area (Å²) in [7, 11) is 2.01. The Labute approximate surface area is 154 Å². The van der Waals surface area contributed by atoms with E-state index in [1.54, 1.807) is 6.92 Å². The molecule has 2 N–H and O–H groups in total. The second kappa shape index (κ2) is 8.47. The van der Waals surface area contributed by atoms with Gasteiger partial charge in [-0.2, -0.15) is 0 Å². The third-order valence-electron chi connectivity index (χ3n) is 5.17. The fraction of sp³-hybridized carbons (Fsp3) is 0.500. The average molecular weight is 356 g/mol. The molecule has 0 radical (unpaired) electrons. The SMILES string of the molecule is CC(O)c1ccc(CNC(=O)C2CCN(Cc3nccn3C)CC2)cc1. The highest BCUT2D eigenvalue weighted by molar-refractivity contribution is 5.78. The molecule has 1 atom stereocenters. The Hall–Kier alpha value is -2.18. The van der Waals surface area contributed by atoms with Crippen molar-refractivity contribution in [2.75, 3.05) is 13.1 Å². The standard InChI is InChI=1S/C20H28N4O2/c1-15(25)17-5-3-16(4-6-17)13-22-20(26)18-7-10-24(11-8-18)14-19-21-9-12-23(19)2/h3-6,9,12,15,18,25H,7-8,10-11,13-14H2,1-2H3,(H,22,26). The Morgan fingerprint density at radius 3 is 2.58 bits per heavy atom. The minimum atomic E-state index is -0.463. The Kier molecular flexibility index (Phi) is 6.06. The normalized spacial score (nSPS) is 17.2. The number of rotatable bonds is 6. The fourth-order valence-electron chi connectivity index (χ4n) is 3.35. The molecule has 6 heteroatoms. The van der Waals surface area contributed by atoms with Crippen LogP contribution in [-0.2, 0) is 24.9 Å². The van der Waals surface area contributed by atoms with Crippen LogP contribution in [0, 0.1) is 5.92 Å². The number of nitrogens with zero attached hydrogens (tertiary/aromatic N) is 3. The van der Waals surface area contributed by atoms with Gasteiger partial charge in [0.15, 0.2) is 0 Å². The first-order valence-corrected chi connectivity index (χ1v) is 9.26. The van der Waals surface area contributed by atoms with Gasteiger partial charge < -0.3 is 15.0 Å². The van der Waals surface area contributed by atoms with Gasteiger partial charge in [0.25, 0.3) is 0 Å². The van der Waals surface area contributed by atoms with Gasteiger partial charge in [0.1, 0.15) is 5.82 Å². The van der Waals surface area contributed by atoms with Crippen molar-refractivity contribution in [2.45, 2.75) is 39.0 Å². The van der Waals surface area contributed by atoms with Crippen LogP contribution in [0.3, 0.4) is 0 Å². The number of nitrogens with one attached hydrogen (secondary N) is 1. The number of aliphatic hydroxyl groups excluding tert-OH is 1. The lowest BCUT2D eigenvalue weighted by molar-refractivity contribution is -0.126. The molecule has 1 aliphatic rings. The van der Waals surface area contributed by atoms with Crippen molar-refractivity contribution in [1.82, 2.24) is 19.8 Å². The molecule has 3 rings (SSSR count). The molecule has 2 aromatic rings. The van der Waals surface area contributed by atoms with E-state index in [1.165, 1.54) is 0 Å². The van der Waals surface area contributed by atoms with E-state index in [0.717, 1.165) is 49.4 Å². The first-order valence-electron chi connectivity index (χ1n) is 9.26. The van der Waals surface area contributed by atoms with E-state index in [9.17, 15) is 9.90 Å². The fourth-order valence-corrected chi connectivity index (χ4v) is 3.35. The van der Waals surface area contributed by atoms with Crippen LogP contribution in [0.4, 0.5) is 0 Å². The second-order valence-corrected chi connectivity index (χ2v) is 7.14. The Bertz CT molecular complexity index is 716. The number of imidazole rings is 1. The number of aryl methyl sites for hydroxylation is 1. The molecule has 1 unspecified atom stereocenters. The Morgan fingerprint density at radius 1 is 1.31 bits per heavy atom. The molecule has 2 heterocycles. The van der Waals surface area contributed by atoms with Gasteiger partial charge in [0.05, 0.1) is 12.6 Å². The molecule has 0 spiro atoms. The quantitative estimate of drug-likeness (QED) is 0.831. The van der Waals surface area contributed by atoms with Crippen LogP contribution in [0.1, 0.15) is 42.8 Å². The summed E-state index contributed by atoms with van der Waals surface area (Å²) in [5.41, 5.74) is 1.94. The van der Waals surface area contributed by atoms with Crippen LogP contribution in [0.2, 0.25) is 0 Å². The predicted molar refractivity (Wildman–Crippen MR) is 100 cm³/mol. The maximum Gasteiger partial charge on any atom is 0.223 e. The van der Waals surface area contributed by atoms with Crippen LogP contribution in [-0.4, -0.2) is 38.6 Å². The molecular weight excluding hydrogens is 328 g/mol. The first-order chi connectivity index (χ1) is 12.5. The topological polar surface area (TPSA) is 70.4 Å². The minimum Gasteiger partial charge on any atom is -0.389 e. The molecule has 0 bridgehead atoms. The molecule has 0 aliphatic carbocycles. The van der Waals surface area contributed by atoms with E-state index >= 15 is 0 Å². The molecule has 1 amide bonds. The lowest BCUT2D eigenvalue weighted by Gasteiger charge is -2.31. The van der Waals surface area contributed by atoms with Gasteiger partial charge in [-0.15, -0.1) is 0 Å². The summed E-state index contributed by atoms with van der Waals surface area (Å²) in [6.45, 7) is 4.97. The molecule has 1 aromatic carbocycles. The van der Waals surface area contributed by atoms with Crippen LogP contribution in [0.5, 0.6) is 0 Å². The summed E-state index contributed by atoms with van der Waals surface area (Å²) in [4.78, 5) is 19.2. The second-order valence-electron chi connectivity index (χ2n) is 7.14. The van der Waals surface area contributed by atoms with Crippen molar-refractivity contribution >= 4 is 5.91 Å². The highest BCUT2D eigenvalue weighted by atomic mass is 16.3. The lowest BCUT2D eigenvalue weighted by Crippen LogP contribution is -2.40. The molecule has 1 aliphatic heterocycles. The van der Waals surface area contributed by atoms with Gasteiger partial charge in [-0.25, -0.2) is 4.98 Å². The van der Waals surface area contributed by atoms with Gasteiger partial charge in [-0.05, 0) is 44.0 Å². The zero-order valence-corrected chi connectivity index (χ0v) is 15.6. The number of piperidine rings is 1. The number of likely N-dealkylation sites (tertiary alicyclic amines) is 1. The van der Waals surface area contributed by atoms with Crippen molar-refractivity contribution in [3.63, 3.8) is 0 Å². The Balaban J connectivity index is 1.42. The van der Waals surface area contributed by atoms with Crippen LogP contribution < -0.4 is 5.32 Å². The summed E-state index contributed by atoms with van der Waals surface area (Å²) in [6, 6.07) is 7.72. The van der Waals surface area contributed by atoms with Gasteiger partial charge in [0.2, 0.25) is 5.91 Å². The monoisotopic (exact) mass is 356 g/mol. The predicted octanol–water partition coefficient (Wildman–Crippen LogP) is 2.00. The van der Waals surface area contributed by atoms with Gasteiger partial charge >= 0.3 is 0 Å². The van der Waals surface area contributed by atoms with Crippen molar-refractivity contribution in [2.24, 2.45) is 13.0 Å². The summed E-state index contributed by atoms with van der Waals surface area (Å²) in [6.07, 6.45) is 5.09. The zero-order chi connectivity index (χ0) is 18.5. The molecule has 1 fully saturated rings. The van der Waals surface area contributed by atoms with Gasteiger partial charge in [-0.1, -0.05) is 24.3 Å². The maximum absolute atomic E-state index is 12.4. The van der Waals surface area contributed by atoms with Gasteiger partial charge in [-0.3, -0.25) is 9.69 Å². The summed E-state index contributed by atoms with van der Waals surface area (Å²) in [5.74, 6) is 1.29. The number of aliphatic hydroxyl groups is 1. The van der Waals surface area contributed by atoms with Gasteiger partial charge in [0, 0.05) is 31.9 Å². The van der Waals surface area contributed by atoms with Crippen molar-refractivity contribution < 1.29 is 9.90 Å². The number of benzene rings is 1. The Morgan fingerprint density at radius 2 is 2.00 bits per heavy atom.